The molecule has 0 aromatic rings. The van der Waals surface area contributed by atoms with Gasteiger partial charge in [0.05, 0.1) is 6.61 Å². The molecular formula is C14H22N2O5. The maximum Gasteiger partial charge on any atom is 0.326 e. The number of hydrogen-bond donors (Lipinski definition) is 2. The predicted octanol–water partition coefficient (Wildman–Crippen LogP) is -0.149. The smallest absolute Gasteiger partial charge is 0.326 e. The second-order valence-corrected chi connectivity index (χ2v) is 5.81. The lowest BCUT2D eigenvalue weighted by molar-refractivity contribution is -0.147. The average Bonchev–Trinajstić information content (AvgIpc) is 2.48. The summed E-state index contributed by atoms with van der Waals surface area (Å²) in [5, 5.41) is 11.9. The molecule has 2 aliphatic rings. The zero-order valence-corrected chi connectivity index (χ0v) is 12.2. The van der Waals surface area contributed by atoms with Crippen molar-refractivity contribution in [3.63, 3.8) is 0 Å². The molecule has 2 rings (SSSR count). The maximum absolute atomic E-state index is 12.2. The Morgan fingerprint density at radius 1 is 1.43 bits per heavy atom. The number of amides is 2. The van der Waals surface area contributed by atoms with Crippen molar-refractivity contribution >= 4 is 17.8 Å². The van der Waals surface area contributed by atoms with Gasteiger partial charge in [-0.2, -0.15) is 0 Å². The first kappa shape index (κ1) is 15.8. The number of likely N-dealkylation sites (tertiary alicyclic amines) is 1. The molecule has 0 radical (unpaired) electrons. The Morgan fingerprint density at radius 3 is 2.76 bits per heavy atom. The minimum absolute atomic E-state index is 0.0747. The molecule has 0 aromatic heterocycles. The molecule has 2 aliphatic heterocycles. The van der Waals surface area contributed by atoms with E-state index < -0.39 is 17.9 Å². The van der Waals surface area contributed by atoms with Gasteiger partial charge < -0.3 is 20.1 Å². The lowest BCUT2D eigenvalue weighted by atomic mass is 9.91. The van der Waals surface area contributed by atoms with Crippen LogP contribution >= 0.6 is 0 Å². The summed E-state index contributed by atoms with van der Waals surface area (Å²) < 4.78 is 5.30. The van der Waals surface area contributed by atoms with Gasteiger partial charge in [0.25, 0.3) is 0 Å². The van der Waals surface area contributed by atoms with Gasteiger partial charge in [-0.15, -0.1) is 0 Å². The molecule has 118 valence electrons. The molecule has 0 saturated carbocycles. The van der Waals surface area contributed by atoms with Crippen LogP contribution in [0.5, 0.6) is 0 Å². The van der Waals surface area contributed by atoms with E-state index in [1.54, 1.807) is 11.9 Å². The highest BCUT2D eigenvalue weighted by Crippen LogP contribution is 2.21. The summed E-state index contributed by atoms with van der Waals surface area (Å²) in [5.74, 6) is -2.09. The fourth-order valence-corrected chi connectivity index (χ4v) is 2.85. The molecule has 0 aromatic carbocycles. The van der Waals surface area contributed by atoms with Gasteiger partial charge in [0, 0.05) is 38.5 Å². The molecule has 0 spiro atoms. The summed E-state index contributed by atoms with van der Waals surface area (Å²) >= 11 is 0. The SMILES string of the molecule is CN1CCC(C(=O)NC(C(=O)O)C2CCCOC2)CC1=O. The molecule has 3 atom stereocenters. The van der Waals surface area contributed by atoms with Crippen molar-refractivity contribution in [3.8, 4) is 0 Å². The highest BCUT2D eigenvalue weighted by molar-refractivity contribution is 5.89. The molecule has 7 heteroatoms. The number of carboxylic acids is 1. The van der Waals surface area contributed by atoms with E-state index in [9.17, 15) is 19.5 Å². The molecule has 0 bridgehead atoms. The summed E-state index contributed by atoms with van der Waals surface area (Å²) in [6.07, 6.45) is 2.25. The summed E-state index contributed by atoms with van der Waals surface area (Å²) in [5.41, 5.74) is 0. The molecule has 3 unspecified atom stereocenters. The van der Waals surface area contributed by atoms with Crippen molar-refractivity contribution < 1.29 is 24.2 Å². The largest absolute Gasteiger partial charge is 0.480 e. The quantitative estimate of drug-likeness (QED) is 0.752. The normalized spacial score (nSPS) is 28.0. The van der Waals surface area contributed by atoms with Crippen LogP contribution in [-0.4, -0.2) is 60.6 Å². The summed E-state index contributed by atoms with van der Waals surface area (Å²) in [7, 11) is 1.70. The maximum atomic E-state index is 12.2. The zero-order chi connectivity index (χ0) is 15.4. The second kappa shape index (κ2) is 6.89. The Morgan fingerprint density at radius 2 is 2.19 bits per heavy atom. The fraction of sp³-hybridized carbons (Fsp3) is 0.786. The summed E-state index contributed by atoms with van der Waals surface area (Å²) in [4.78, 5) is 36.8. The van der Waals surface area contributed by atoms with E-state index in [-0.39, 0.29) is 24.2 Å². The lowest BCUT2D eigenvalue weighted by Gasteiger charge is -2.31. The van der Waals surface area contributed by atoms with Gasteiger partial charge in [-0.3, -0.25) is 9.59 Å². The minimum atomic E-state index is -1.04. The number of carbonyl (C=O) groups is 3. The van der Waals surface area contributed by atoms with Crippen LogP contribution in [0.1, 0.15) is 25.7 Å². The monoisotopic (exact) mass is 298 g/mol. The van der Waals surface area contributed by atoms with Crippen LogP contribution in [0, 0.1) is 11.8 Å². The average molecular weight is 298 g/mol. The van der Waals surface area contributed by atoms with Crippen LogP contribution in [0.15, 0.2) is 0 Å². The van der Waals surface area contributed by atoms with E-state index in [1.165, 1.54) is 0 Å². The van der Waals surface area contributed by atoms with E-state index in [1.807, 2.05) is 0 Å². The summed E-state index contributed by atoms with van der Waals surface area (Å²) in [6, 6.07) is -0.937. The van der Waals surface area contributed by atoms with Gasteiger partial charge in [0.2, 0.25) is 11.8 Å². The van der Waals surface area contributed by atoms with Crippen molar-refractivity contribution in [3.05, 3.63) is 0 Å². The van der Waals surface area contributed by atoms with Crippen molar-refractivity contribution in [2.75, 3.05) is 26.8 Å². The predicted molar refractivity (Wildman–Crippen MR) is 73.5 cm³/mol. The minimum Gasteiger partial charge on any atom is -0.480 e. The number of carboxylic acid groups (broad SMARTS) is 1. The number of carbonyl (C=O) groups excluding carboxylic acids is 2. The van der Waals surface area contributed by atoms with E-state index in [0.29, 0.717) is 26.2 Å². The van der Waals surface area contributed by atoms with E-state index in [0.717, 1.165) is 12.8 Å². The number of ether oxygens (including phenoxy) is 1. The highest BCUT2D eigenvalue weighted by atomic mass is 16.5. The van der Waals surface area contributed by atoms with Crippen LogP contribution in [-0.2, 0) is 19.1 Å². The van der Waals surface area contributed by atoms with E-state index >= 15 is 0 Å². The third-order valence-corrected chi connectivity index (χ3v) is 4.26. The van der Waals surface area contributed by atoms with Gasteiger partial charge in [-0.1, -0.05) is 0 Å². The Labute approximate surface area is 123 Å². The molecule has 2 amide bonds. The van der Waals surface area contributed by atoms with Gasteiger partial charge in [-0.25, -0.2) is 4.79 Å². The van der Waals surface area contributed by atoms with Crippen molar-refractivity contribution in [1.82, 2.24) is 10.2 Å². The van der Waals surface area contributed by atoms with Crippen LogP contribution in [0.4, 0.5) is 0 Å². The molecular weight excluding hydrogens is 276 g/mol. The number of nitrogens with zero attached hydrogens (tertiary/aromatic N) is 1. The number of aliphatic carboxylic acids is 1. The second-order valence-electron chi connectivity index (χ2n) is 5.81. The van der Waals surface area contributed by atoms with Crippen molar-refractivity contribution in [2.24, 2.45) is 11.8 Å². The summed E-state index contributed by atoms with van der Waals surface area (Å²) in [6.45, 7) is 1.52. The van der Waals surface area contributed by atoms with Crippen molar-refractivity contribution in [2.45, 2.75) is 31.7 Å². The number of hydrogen-bond acceptors (Lipinski definition) is 4. The Balaban J connectivity index is 1.95. The van der Waals surface area contributed by atoms with E-state index in [2.05, 4.69) is 5.32 Å². The number of piperidine rings is 1. The standard InChI is InChI=1S/C14H22N2O5/c1-16-5-4-9(7-11(16)17)13(18)15-12(14(19)20)10-3-2-6-21-8-10/h9-10,12H,2-8H2,1H3,(H,15,18)(H,19,20). The molecule has 0 aliphatic carbocycles. The molecule has 2 heterocycles. The fourth-order valence-electron chi connectivity index (χ4n) is 2.85. The van der Waals surface area contributed by atoms with Crippen LogP contribution < -0.4 is 5.32 Å². The Hall–Kier alpha value is -1.63. The topological polar surface area (TPSA) is 95.9 Å². The van der Waals surface area contributed by atoms with Gasteiger partial charge in [0.15, 0.2) is 0 Å². The van der Waals surface area contributed by atoms with Gasteiger partial charge in [0.1, 0.15) is 6.04 Å². The number of nitrogens with one attached hydrogen (secondary N) is 1. The molecule has 21 heavy (non-hydrogen) atoms. The molecule has 2 fully saturated rings. The van der Waals surface area contributed by atoms with E-state index in [4.69, 9.17) is 4.74 Å². The van der Waals surface area contributed by atoms with Crippen molar-refractivity contribution in [1.29, 1.82) is 0 Å². The Kier molecular flexibility index (Phi) is 5.17. The van der Waals surface area contributed by atoms with Gasteiger partial charge in [-0.05, 0) is 19.3 Å². The third kappa shape index (κ3) is 3.93. The molecule has 2 saturated heterocycles. The van der Waals surface area contributed by atoms with Crippen LogP contribution in [0.25, 0.3) is 0 Å². The first-order valence-corrected chi connectivity index (χ1v) is 7.34. The van der Waals surface area contributed by atoms with Crippen LogP contribution in [0.2, 0.25) is 0 Å². The molecule has 7 nitrogen and oxygen atoms in total. The lowest BCUT2D eigenvalue weighted by Crippen LogP contribution is -2.51. The third-order valence-electron chi connectivity index (χ3n) is 4.26. The number of rotatable bonds is 4. The Bertz CT molecular complexity index is 420. The first-order chi connectivity index (χ1) is 9.99. The molecule has 2 N–H and O–H groups in total. The first-order valence-electron chi connectivity index (χ1n) is 7.34. The zero-order valence-electron chi connectivity index (χ0n) is 12.2. The van der Waals surface area contributed by atoms with Gasteiger partial charge >= 0.3 is 5.97 Å². The van der Waals surface area contributed by atoms with Crippen LogP contribution in [0.3, 0.4) is 0 Å². The highest BCUT2D eigenvalue weighted by Gasteiger charge is 2.35.